The summed E-state index contributed by atoms with van der Waals surface area (Å²) in [7, 11) is 1.62. The minimum Gasteiger partial charge on any atom is -0.497 e. The summed E-state index contributed by atoms with van der Waals surface area (Å²) in [5.74, 6) is 2.20. The molecule has 1 aliphatic rings. The molecule has 0 radical (unpaired) electrons. The van der Waals surface area contributed by atoms with Crippen molar-refractivity contribution in [2.45, 2.75) is 0 Å². The van der Waals surface area contributed by atoms with Gasteiger partial charge in [0.2, 0.25) is 12.2 Å². The van der Waals surface area contributed by atoms with Crippen molar-refractivity contribution < 1.29 is 14.2 Å². The summed E-state index contributed by atoms with van der Waals surface area (Å²) in [4.78, 5) is 12.8. The van der Waals surface area contributed by atoms with Gasteiger partial charge in [0.25, 0.3) is 0 Å². The number of methoxy groups -OCH3 is 1. The van der Waals surface area contributed by atoms with Crippen LogP contribution in [0.25, 0.3) is 28.7 Å². The molecule has 0 aliphatic carbocycles. The Labute approximate surface area is 172 Å². The van der Waals surface area contributed by atoms with Gasteiger partial charge in [0.05, 0.1) is 18.5 Å². The van der Waals surface area contributed by atoms with E-state index in [1.807, 2.05) is 66.7 Å². The van der Waals surface area contributed by atoms with E-state index >= 15 is 0 Å². The molecule has 0 atom stereocenters. The van der Waals surface area contributed by atoms with Gasteiger partial charge in [-0.2, -0.15) is 5.10 Å². The van der Waals surface area contributed by atoms with Crippen LogP contribution in [-0.2, 0) is 0 Å². The number of hydrogen-bond acceptors (Lipinski definition) is 5. The average Bonchev–Trinajstić information content (AvgIpc) is 3.34. The van der Waals surface area contributed by atoms with E-state index < -0.39 is 0 Å². The summed E-state index contributed by atoms with van der Waals surface area (Å²) in [5.41, 5.74) is 2.87. The largest absolute Gasteiger partial charge is 0.497 e. The highest BCUT2D eigenvalue weighted by Crippen LogP contribution is 2.33. The van der Waals surface area contributed by atoms with E-state index in [0.717, 1.165) is 33.9 Å². The second kappa shape index (κ2) is 7.40. The first-order chi connectivity index (χ1) is 14.7. The van der Waals surface area contributed by atoms with Crippen LogP contribution in [0.5, 0.6) is 17.2 Å². The zero-order valence-corrected chi connectivity index (χ0v) is 16.2. The Kier molecular flexibility index (Phi) is 4.44. The van der Waals surface area contributed by atoms with Crippen molar-refractivity contribution in [2.75, 3.05) is 13.9 Å². The molecule has 148 valence electrons. The monoisotopic (exact) mass is 398 g/mol. The third-order valence-electron chi connectivity index (χ3n) is 4.95. The van der Waals surface area contributed by atoms with Crippen molar-refractivity contribution >= 4 is 23.1 Å². The van der Waals surface area contributed by atoms with Crippen LogP contribution in [0, 0.1) is 0 Å². The number of benzene rings is 2. The van der Waals surface area contributed by atoms with Gasteiger partial charge in [0.15, 0.2) is 11.5 Å². The molecule has 6 heteroatoms. The van der Waals surface area contributed by atoms with Gasteiger partial charge in [-0.05, 0) is 54.1 Å². The molecule has 30 heavy (non-hydrogen) atoms. The maximum Gasteiger partial charge on any atom is 0.231 e. The van der Waals surface area contributed by atoms with Crippen LogP contribution in [0.3, 0.4) is 0 Å². The van der Waals surface area contributed by atoms with Crippen molar-refractivity contribution in [3.05, 3.63) is 88.2 Å². The smallest absolute Gasteiger partial charge is 0.231 e. The third-order valence-corrected chi connectivity index (χ3v) is 4.95. The van der Waals surface area contributed by atoms with Crippen molar-refractivity contribution in [2.24, 2.45) is 0 Å². The van der Waals surface area contributed by atoms with Gasteiger partial charge in [0, 0.05) is 5.39 Å². The summed E-state index contributed by atoms with van der Waals surface area (Å²) < 4.78 is 17.7. The van der Waals surface area contributed by atoms with Crippen LogP contribution < -0.4 is 19.6 Å². The molecular weight excluding hydrogens is 380 g/mol. The first-order valence-corrected chi connectivity index (χ1v) is 9.47. The lowest BCUT2D eigenvalue weighted by Gasteiger charge is -2.04. The molecule has 0 saturated carbocycles. The topological polar surface area (TPSA) is 62.6 Å². The minimum atomic E-state index is -0.0963. The highest BCUT2D eigenvalue weighted by atomic mass is 16.7. The van der Waals surface area contributed by atoms with Crippen LogP contribution in [-0.4, -0.2) is 23.7 Å². The standard InChI is InChI=1S/C24H18N2O4/c1-28-18-10-8-17(9-11-18)26-24-19(4-2-3-5-21(24)27)20(25-26)12-6-16-7-13-22-23(14-16)30-15-29-22/h2-14H,15H2,1H3/b12-6+. The minimum absolute atomic E-state index is 0.0963. The van der Waals surface area contributed by atoms with Gasteiger partial charge in [-0.25, -0.2) is 4.68 Å². The molecule has 0 unspecified atom stereocenters. The summed E-state index contributed by atoms with van der Waals surface area (Å²) in [6.07, 6.45) is 3.85. The van der Waals surface area contributed by atoms with Gasteiger partial charge in [-0.1, -0.05) is 30.3 Å². The molecule has 0 fully saturated rings. The predicted molar refractivity (Wildman–Crippen MR) is 115 cm³/mol. The van der Waals surface area contributed by atoms with E-state index in [9.17, 15) is 4.79 Å². The molecule has 6 nitrogen and oxygen atoms in total. The normalized spacial score (nSPS) is 12.6. The lowest BCUT2D eigenvalue weighted by atomic mass is 10.1. The van der Waals surface area contributed by atoms with Crippen LogP contribution in [0.1, 0.15) is 11.3 Å². The van der Waals surface area contributed by atoms with Crippen LogP contribution in [0.15, 0.2) is 71.5 Å². The fraction of sp³-hybridized carbons (Fsp3) is 0.0833. The number of ether oxygens (including phenoxy) is 3. The third kappa shape index (κ3) is 3.18. The Hall–Kier alpha value is -4.06. The summed E-state index contributed by atoms with van der Waals surface area (Å²) >= 11 is 0. The molecule has 1 aliphatic heterocycles. The molecule has 5 rings (SSSR count). The zero-order valence-electron chi connectivity index (χ0n) is 16.2. The second-order valence-corrected chi connectivity index (χ2v) is 6.79. The second-order valence-electron chi connectivity index (χ2n) is 6.79. The molecule has 3 aromatic carbocycles. The number of nitrogens with zero attached hydrogens (tertiary/aromatic N) is 2. The predicted octanol–water partition coefficient (Wildman–Crippen LogP) is 4.29. The number of aromatic nitrogens is 2. The zero-order chi connectivity index (χ0) is 20.5. The van der Waals surface area contributed by atoms with E-state index in [1.165, 1.54) is 0 Å². The summed E-state index contributed by atoms with van der Waals surface area (Å²) in [6.45, 7) is 0.238. The highest BCUT2D eigenvalue weighted by Gasteiger charge is 2.14. The number of hydrogen-bond donors (Lipinski definition) is 0. The Morgan fingerprint density at radius 1 is 0.967 bits per heavy atom. The Balaban J connectivity index is 1.62. The lowest BCUT2D eigenvalue weighted by Crippen LogP contribution is -2.05. The van der Waals surface area contributed by atoms with Crippen molar-refractivity contribution in [1.29, 1.82) is 0 Å². The van der Waals surface area contributed by atoms with Crippen LogP contribution in [0.4, 0.5) is 0 Å². The number of rotatable bonds is 4. The van der Waals surface area contributed by atoms with Gasteiger partial charge in [-0.15, -0.1) is 0 Å². The fourth-order valence-corrected chi connectivity index (χ4v) is 3.45. The maximum absolute atomic E-state index is 12.8. The van der Waals surface area contributed by atoms with Gasteiger partial charge < -0.3 is 14.2 Å². The van der Waals surface area contributed by atoms with Crippen LogP contribution in [0.2, 0.25) is 0 Å². The summed E-state index contributed by atoms with van der Waals surface area (Å²) in [5, 5.41) is 5.50. The molecule has 0 spiro atoms. The van der Waals surface area contributed by atoms with Crippen molar-refractivity contribution in [3.63, 3.8) is 0 Å². The lowest BCUT2D eigenvalue weighted by molar-refractivity contribution is 0.174. The SMILES string of the molecule is COc1ccc(-n2nc(/C=C/c3ccc4c(c3)OCO4)c3ccccc(=O)c32)cc1. The fourth-order valence-electron chi connectivity index (χ4n) is 3.45. The Morgan fingerprint density at radius 3 is 2.60 bits per heavy atom. The Morgan fingerprint density at radius 2 is 1.77 bits per heavy atom. The Bertz CT molecular complexity index is 1320. The van der Waals surface area contributed by atoms with Gasteiger partial charge in [-0.3, -0.25) is 4.79 Å². The number of fused-ring (bicyclic) bond motifs is 2. The van der Waals surface area contributed by atoms with Crippen molar-refractivity contribution in [3.8, 4) is 22.9 Å². The molecule has 0 amide bonds. The van der Waals surface area contributed by atoms with E-state index in [-0.39, 0.29) is 12.2 Å². The molecule has 0 bridgehead atoms. The molecular formula is C24H18N2O4. The first kappa shape index (κ1) is 18.0. The molecule has 4 aromatic rings. The quantitative estimate of drug-likeness (QED) is 0.513. The van der Waals surface area contributed by atoms with Gasteiger partial charge in [0.1, 0.15) is 11.3 Å². The van der Waals surface area contributed by atoms with E-state index in [0.29, 0.717) is 11.2 Å². The van der Waals surface area contributed by atoms with E-state index in [4.69, 9.17) is 19.3 Å². The maximum atomic E-state index is 12.8. The molecule has 0 saturated heterocycles. The first-order valence-electron chi connectivity index (χ1n) is 9.47. The molecule has 1 aromatic heterocycles. The van der Waals surface area contributed by atoms with E-state index in [2.05, 4.69) is 0 Å². The van der Waals surface area contributed by atoms with Gasteiger partial charge >= 0.3 is 0 Å². The molecule has 2 heterocycles. The molecule has 0 N–H and O–H groups in total. The van der Waals surface area contributed by atoms with E-state index in [1.54, 1.807) is 23.9 Å². The summed E-state index contributed by atoms with van der Waals surface area (Å²) in [6, 6.07) is 20.2. The average molecular weight is 398 g/mol. The van der Waals surface area contributed by atoms with Crippen molar-refractivity contribution in [1.82, 2.24) is 9.78 Å². The highest BCUT2D eigenvalue weighted by molar-refractivity contribution is 5.90. The van der Waals surface area contributed by atoms with Crippen LogP contribution >= 0.6 is 0 Å².